The number of aromatic nitrogens is 4. The highest BCUT2D eigenvalue weighted by Gasteiger charge is 2.18. The second kappa shape index (κ2) is 4.09. The second-order valence-electron chi connectivity index (χ2n) is 4.19. The van der Waals surface area contributed by atoms with Gasteiger partial charge in [-0.2, -0.15) is 5.10 Å². The van der Waals surface area contributed by atoms with E-state index in [0.29, 0.717) is 5.92 Å². The van der Waals surface area contributed by atoms with Crippen LogP contribution in [0.2, 0.25) is 0 Å². The third kappa shape index (κ3) is 1.74. The molecule has 0 bridgehead atoms. The first kappa shape index (κ1) is 9.59. The molecule has 1 saturated heterocycles. The van der Waals surface area contributed by atoms with Crippen LogP contribution in [0, 0.1) is 0 Å². The van der Waals surface area contributed by atoms with Gasteiger partial charge in [0.2, 0.25) is 0 Å². The first-order valence-electron chi connectivity index (χ1n) is 5.69. The highest BCUT2D eigenvalue weighted by atomic mass is 15.1. The van der Waals surface area contributed by atoms with Crippen molar-refractivity contribution in [3.05, 3.63) is 24.2 Å². The van der Waals surface area contributed by atoms with Crippen molar-refractivity contribution in [3.8, 4) is 11.5 Å². The van der Waals surface area contributed by atoms with Gasteiger partial charge in [-0.3, -0.25) is 5.10 Å². The molecule has 3 rings (SSSR count). The number of rotatable bonds is 2. The van der Waals surface area contributed by atoms with E-state index in [-0.39, 0.29) is 0 Å². The fourth-order valence-corrected chi connectivity index (χ4v) is 2.19. The zero-order valence-electron chi connectivity index (χ0n) is 9.03. The summed E-state index contributed by atoms with van der Waals surface area (Å²) >= 11 is 0. The Bertz CT molecular complexity index is 439. The maximum atomic E-state index is 4.29. The molecular weight excluding hydrogens is 202 g/mol. The van der Waals surface area contributed by atoms with E-state index in [1.165, 1.54) is 18.5 Å². The Labute approximate surface area is 93.7 Å². The lowest BCUT2D eigenvalue weighted by Gasteiger charge is -2.21. The molecule has 0 aromatic carbocycles. The summed E-state index contributed by atoms with van der Waals surface area (Å²) in [4.78, 5) is 7.25. The largest absolute Gasteiger partial charge is 0.343 e. The predicted octanol–water partition coefficient (Wildman–Crippen LogP) is 1.27. The molecule has 0 aliphatic carbocycles. The molecule has 0 saturated carbocycles. The van der Waals surface area contributed by atoms with Gasteiger partial charge in [0.25, 0.3) is 0 Å². The minimum absolute atomic E-state index is 0.560. The fraction of sp³-hybridized carbons (Fsp3) is 0.455. The van der Waals surface area contributed by atoms with Gasteiger partial charge < -0.3 is 10.3 Å². The van der Waals surface area contributed by atoms with Crippen LogP contribution < -0.4 is 5.32 Å². The number of nitrogens with zero attached hydrogens (tertiary/aromatic N) is 2. The zero-order chi connectivity index (χ0) is 10.8. The third-order valence-corrected chi connectivity index (χ3v) is 3.08. The van der Waals surface area contributed by atoms with E-state index < -0.39 is 0 Å². The number of piperidine rings is 1. The summed E-state index contributed by atoms with van der Waals surface area (Å²) in [5, 5.41) is 10.8. The van der Waals surface area contributed by atoms with Crippen LogP contribution >= 0.6 is 0 Å². The Morgan fingerprint density at radius 3 is 3.12 bits per heavy atom. The minimum Gasteiger partial charge on any atom is -0.343 e. The second-order valence-corrected chi connectivity index (χ2v) is 4.19. The highest BCUT2D eigenvalue weighted by molar-refractivity contribution is 5.49. The monoisotopic (exact) mass is 217 g/mol. The molecule has 2 aromatic rings. The summed E-state index contributed by atoms with van der Waals surface area (Å²) in [5.74, 6) is 1.39. The van der Waals surface area contributed by atoms with Crippen LogP contribution in [0.4, 0.5) is 0 Å². The van der Waals surface area contributed by atoms with Crippen molar-refractivity contribution >= 4 is 0 Å². The first-order valence-corrected chi connectivity index (χ1v) is 5.69. The van der Waals surface area contributed by atoms with E-state index in [0.717, 1.165) is 24.6 Å². The molecule has 1 unspecified atom stereocenters. The summed E-state index contributed by atoms with van der Waals surface area (Å²) in [6.07, 6.45) is 6.02. The Morgan fingerprint density at radius 2 is 2.38 bits per heavy atom. The Kier molecular flexibility index (Phi) is 2.46. The van der Waals surface area contributed by atoms with Crippen LogP contribution in [0.5, 0.6) is 0 Å². The summed E-state index contributed by atoms with van der Waals surface area (Å²) in [6.45, 7) is 2.18. The van der Waals surface area contributed by atoms with Crippen molar-refractivity contribution in [3.63, 3.8) is 0 Å². The van der Waals surface area contributed by atoms with Gasteiger partial charge in [-0.1, -0.05) is 0 Å². The number of hydrogen-bond acceptors (Lipinski definition) is 3. The first-order chi connectivity index (χ1) is 7.93. The number of aromatic amines is 2. The molecule has 3 N–H and O–H groups in total. The molecular formula is C11H15N5. The summed E-state index contributed by atoms with van der Waals surface area (Å²) < 4.78 is 0. The molecule has 5 heteroatoms. The van der Waals surface area contributed by atoms with Crippen molar-refractivity contribution in [2.24, 2.45) is 0 Å². The number of nitrogens with one attached hydrogen (secondary N) is 3. The Morgan fingerprint density at radius 1 is 1.38 bits per heavy atom. The number of imidazole rings is 1. The van der Waals surface area contributed by atoms with E-state index >= 15 is 0 Å². The predicted molar refractivity (Wildman–Crippen MR) is 61.0 cm³/mol. The molecule has 0 amide bonds. The van der Waals surface area contributed by atoms with Crippen molar-refractivity contribution in [2.75, 3.05) is 13.1 Å². The van der Waals surface area contributed by atoms with Crippen LogP contribution in [-0.4, -0.2) is 33.3 Å². The van der Waals surface area contributed by atoms with Crippen molar-refractivity contribution in [1.82, 2.24) is 25.5 Å². The summed E-state index contributed by atoms with van der Waals surface area (Å²) in [5.41, 5.74) is 2.10. The van der Waals surface area contributed by atoms with E-state index in [1.807, 2.05) is 6.20 Å². The number of H-pyrrole nitrogens is 2. The lowest BCUT2D eigenvalue weighted by Crippen LogP contribution is -2.28. The van der Waals surface area contributed by atoms with Gasteiger partial charge in [0, 0.05) is 30.6 Å². The summed E-state index contributed by atoms with van der Waals surface area (Å²) in [6, 6.07) is 2.09. The van der Waals surface area contributed by atoms with Crippen LogP contribution in [0.15, 0.2) is 18.5 Å². The molecule has 16 heavy (non-hydrogen) atoms. The Balaban J connectivity index is 1.82. The maximum Gasteiger partial charge on any atom is 0.157 e. The molecule has 84 valence electrons. The number of hydrogen-bond donors (Lipinski definition) is 3. The lowest BCUT2D eigenvalue weighted by atomic mass is 9.96. The molecule has 5 nitrogen and oxygen atoms in total. The third-order valence-electron chi connectivity index (χ3n) is 3.08. The molecule has 1 fully saturated rings. The van der Waals surface area contributed by atoms with E-state index in [1.54, 1.807) is 6.20 Å². The van der Waals surface area contributed by atoms with E-state index in [2.05, 4.69) is 31.5 Å². The average molecular weight is 217 g/mol. The average Bonchev–Trinajstić information content (AvgIpc) is 3.01. The van der Waals surface area contributed by atoms with Gasteiger partial charge in [-0.25, -0.2) is 4.98 Å². The standard InChI is InChI=1S/C11H15N5/c1-2-8(7-12-3-1)9-6-10(16-15-9)11-13-4-5-14-11/h4-6,8,12H,1-3,7H2,(H,13,14)(H,15,16). The lowest BCUT2D eigenvalue weighted by molar-refractivity contribution is 0.454. The van der Waals surface area contributed by atoms with Crippen molar-refractivity contribution in [1.29, 1.82) is 0 Å². The maximum absolute atomic E-state index is 4.29. The van der Waals surface area contributed by atoms with Crippen molar-refractivity contribution < 1.29 is 0 Å². The summed E-state index contributed by atoms with van der Waals surface area (Å²) in [7, 11) is 0. The van der Waals surface area contributed by atoms with Crippen LogP contribution in [0.25, 0.3) is 11.5 Å². The van der Waals surface area contributed by atoms with E-state index in [4.69, 9.17) is 0 Å². The molecule has 1 atom stereocenters. The molecule has 0 spiro atoms. The van der Waals surface area contributed by atoms with Crippen LogP contribution in [0.3, 0.4) is 0 Å². The Hall–Kier alpha value is -1.62. The molecule has 2 aromatic heterocycles. The highest BCUT2D eigenvalue weighted by Crippen LogP contribution is 2.24. The normalized spacial score (nSPS) is 21.1. The minimum atomic E-state index is 0.560. The van der Waals surface area contributed by atoms with E-state index in [9.17, 15) is 0 Å². The van der Waals surface area contributed by atoms with Gasteiger partial charge in [0.1, 0.15) is 5.69 Å². The van der Waals surface area contributed by atoms with Gasteiger partial charge in [0.15, 0.2) is 5.82 Å². The molecule has 0 radical (unpaired) electrons. The fourth-order valence-electron chi connectivity index (χ4n) is 2.19. The van der Waals surface area contributed by atoms with Crippen molar-refractivity contribution in [2.45, 2.75) is 18.8 Å². The van der Waals surface area contributed by atoms with Crippen LogP contribution in [0.1, 0.15) is 24.5 Å². The van der Waals surface area contributed by atoms with Gasteiger partial charge in [-0.15, -0.1) is 0 Å². The smallest absolute Gasteiger partial charge is 0.157 e. The SMILES string of the molecule is c1c[nH]c(-c2cc(C3CCCNC3)[nH]n2)n1. The zero-order valence-corrected chi connectivity index (χ0v) is 9.03. The van der Waals surface area contributed by atoms with Gasteiger partial charge in [-0.05, 0) is 25.5 Å². The molecule has 1 aliphatic heterocycles. The molecule has 3 heterocycles. The van der Waals surface area contributed by atoms with Crippen LogP contribution in [-0.2, 0) is 0 Å². The van der Waals surface area contributed by atoms with Gasteiger partial charge in [0.05, 0.1) is 0 Å². The topological polar surface area (TPSA) is 69.4 Å². The molecule has 1 aliphatic rings. The van der Waals surface area contributed by atoms with Gasteiger partial charge >= 0.3 is 0 Å². The quantitative estimate of drug-likeness (QED) is 0.709.